The van der Waals surface area contributed by atoms with Gasteiger partial charge in [-0.15, -0.1) is 0 Å². The minimum atomic E-state index is -0.149. The molecule has 0 aromatic rings. The average Bonchev–Trinajstić information content (AvgIpc) is 2.66. The van der Waals surface area contributed by atoms with E-state index in [0.29, 0.717) is 12.8 Å². The molecule has 0 heterocycles. The average molecular weight is 330 g/mol. The SMILES string of the molecule is CC.CC.CCCCCCNC(=O)C1CC=CCC1C=O.CO. The first-order valence-electron chi connectivity index (χ1n) is 9.12. The van der Waals surface area contributed by atoms with Crippen LogP contribution in [0.2, 0.25) is 0 Å². The molecule has 4 heteroatoms. The van der Waals surface area contributed by atoms with Crippen molar-refractivity contribution in [2.75, 3.05) is 13.7 Å². The fourth-order valence-electron chi connectivity index (χ4n) is 2.18. The molecule has 23 heavy (non-hydrogen) atoms. The minimum Gasteiger partial charge on any atom is -0.400 e. The molecule has 0 bridgehead atoms. The second kappa shape index (κ2) is 23.1. The lowest BCUT2D eigenvalue weighted by atomic mass is 9.83. The Morgan fingerprint density at radius 1 is 1.09 bits per heavy atom. The van der Waals surface area contributed by atoms with Gasteiger partial charge in [0.2, 0.25) is 5.91 Å². The normalized spacial score (nSPS) is 18.0. The molecule has 1 aliphatic carbocycles. The van der Waals surface area contributed by atoms with Crippen molar-refractivity contribution in [1.29, 1.82) is 0 Å². The molecule has 1 rings (SSSR count). The third kappa shape index (κ3) is 14.2. The zero-order chi connectivity index (χ0) is 18.5. The summed E-state index contributed by atoms with van der Waals surface area (Å²) in [6, 6.07) is 0. The molecular formula is C19H39NO3. The third-order valence-electron chi connectivity index (χ3n) is 3.32. The fraction of sp³-hybridized carbons (Fsp3) is 0.789. The molecule has 0 saturated carbocycles. The quantitative estimate of drug-likeness (QED) is 0.419. The number of unbranched alkanes of at least 4 members (excludes halogenated alkanes) is 3. The zero-order valence-electron chi connectivity index (χ0n) is 16.1. The van der Waals surface area contributed by atoms with Crippen LogP contribution < -0.4 is 5.32 Å². The molecule has 0 fully saturated rings. The Labute approximate surface area is 143 Å². The monoisotopic (exact) mass is 329 g/mol. The number of aliphatic hydroxyl groups is 1. The van der Waals surface area contributed by atoms with Crippen molar-refractivity contribution in [3.63, 3.8) is 0 Å². The van der Waals surface area contributed by atoms with E-state index in [1.165, 1.54) is 19.3 Å². The van der Waals surface area contributed by atoms with Gasteiger partial charge >= 0.3 is 0 Å². The van der Waals surface area contributed by atoms with Crippen molar-refractivity contribution in [2.45, 2.75) is 73.1 Å². The van der Waals surface area contributed by atoms with Gasteiger partial charge in [0.15, 0.2) is 0 Å². The van der Waals surface area contributed by atoms with Gasteiger partial charge in [-0.3, -0.25) is 4.79 Å². The third-order valence-corrected chi connectivity index (χ3v) is 3.32. The van der Waals surface area contributed by atoms with E-state index in [0.717, 1.165) is 26.4 Å². The lowest BCUT2D eigenvalue weighted by Gasteiger charge is -2.23. The summed E-state index contributed by atoms with van der Waals surface area (Å²) < 4.78 is 0. The molecule has 2 atom stereocenters. The van der Waals surface area contributed by atoms with E-state index in [2.05, 4.69) is 12.2 Å². The summed E-state index contributed by atoms with van der Waals surface area (Å²) in [5, 5.41) is 9.94. The van der Waals surface area contributed by atoms with E-state index in [4.69, 9.17) is 5.11 Å². The molecule has 2 unspecified atom stereocenters. The Hall–Kier alpha value is -1.16. The second-order valence-corrected chi connectivity index (χ2v) is 4.70. The first-order valence-corrected chi connectivity index (χ1v) is 9.12. The molecule has 1 amide bonds. The number of hydrogen-bond donors (Lipinski definition) is 2. The topological polar surface area (TPSA) is 66.4 Å². The van der Waals surface area contributed by atoms with Gasteiger partial charge in [-0.1, -0.05) is 66.0 Å². The van der Waals surface area contributed by atoms with Crippen molar-refractivity contribution in [2.24, 2.45) is 11.8 Å². The summed E-state index contributed by atoms with van der Waals surface area (Å²) in [5.41, 5.74) is 0. The Morgan fingerprint density at radius 3 is 2.17 bits per heavy atom. The zero-order valence-corrected chi connectivity index (χ0v) is 16.1. The van der Waals surface area contributed by atoms with Gasteiger partial charge in [0.05, 0.1) is 5.92 Å². The van der Waals surface area contributed by atoms with Crippen LogP contribution in [0.25, 0.3) is 0 Å². The second-order valence-electron chi connectivity index (χ2n) is 4.70. The Morgan fingerprint density at radius 2 is 1.65 bits per heavy atom. The van der Waals surface area contributed by atoms with E-state index in [9.17, 15) is 9.59 Å². The van der Waals surface area contributed by atoms with Gasteiger partial charge in [-0.05, 0) is 19.3 Å². The predicted molar refractivity (Wildman–Crippen MR) is 99.4 cm³/mol. The van der Waals surface area contributed by atoms with E-state index in [1.807, 2.05) is 39.8 Å². The maximum atomic E-state index is 11.9. The number of carbonyl (C=O) groups is 2. The Balaban J connectivity index is -0.000000595. The van der Waals surface area contributed by atoms with Gasteiger partial charge in [0, 0.05) is 19.6 Å². The van der Waals surface area contributed by atoms with Crippen LogP contribution in [0.3, 0.4) is 0 Å². The predicted octanol–water partition coefficient (Wildman–Crippen LogP) is 4.13. The first kappa shape index (κ1) is 26.7. The van der Waals surface area contributed by atoms with Crippen LogP contribution in [0.4, 0.5) is 0 Å². The van der Waals surface area contributed by atoms with Crippen molar-refractivity contribution < 1.29 is 14.7 Å². The highest BCUT2D eigenvalue weighted by Crippen LogP contribution is 2.23. The number of rotatable bonds is 7. The largest absolute Gasteiger partial charge is 0.400 e. The Bertz CT molecular complexity index is 278. The highest BCUT2D eigenvalue weighted by molar-refractivity contribution is 5.82. The van der Waals surface area contributed by atoms with E-state index < -0.39 is 0 Å². The van der Waals surface area contributed by atoms with E-state index in [-0.39, 0.29) is 17.7 Å². The molecule has 0 aromatic carbocycles. The summed E-state index contributed by atoms with van der Waals surface area (Å²) in [6.07, 6.45) is 10.9. The van der Waals surface area contributed by atoms with Crippen LogP contribution in [-0.2, 0) is 9.59 Å². The molecule has 0 radical (unpaired) electrons. The van der Waals surface area contributed by atoms with Crippen molar-refractivity contribution >= 4 is 12.2 Å². The number of aldehydes is 1. The van der Waals surface area contributed by atoms with Gasteiger partial charge in [0.1, 0.15) is 6.29 Å². The molecular weight excluding hydrogens is 290 g/mol. The standard InChI is InChI=1S/C14H23NO2.2C2H6.CH4O/c1-2-3-4-7-10-15-14(17)13-9-6-5-8-12(13)11-16;3*1-2/h5-6,11-13H,2-4,7-10H2,1H3,(H,15,17);2*1-2H3;2H,1H3. The maximum absolute atomic E-state index is 11.9. The molecule has 1 aliphatic rings. The highest BCUT2D eigenvalue weighted by atomic mass is 16.2. The molecule has 0 saturated heterocycles. The lowest BCUT2D eigenvalue weighted by molar-refractivity contribution is -0.129. The van der Waals surface area contributed by atoms with Crippen LogP contribution in [0, 0.1) is 11.8 Å². The van der Waals surface area contributed by atoms with Gasteiger partial charge < -0.3 is 15.2 Å². The molecule has 4 nitrogen and oxygen atoms in total. The molecule has 0 aromatic heterocycles. The molecule has 138 valence electrons. The van der Waals surface area contributed by atoms with Crippen molar-refractivity contribution in [3.8, 4) is 0 Å². The molecule has 2 N–H and O–H groups in total. The van der Waals surface area contributed by atoms with Crippen LogP contribution in [-0.4, -0.2) is 31.0 Å². The number of amides is 1. The number of aliphatic hydroxyl groups excluding tert-OH is 1. The molecule has 0 aliphatic heterocycles. The van der Waals surface area contributed by atoms with Gasteiger partial charge in [-0.2, -0.15) is 0 Å². The summed E-state index contributed by atoms with van der Waals surface area (Å²) in [7, 11) is 1.00. The van der Waals surface area contributed by atoms with Crippen molar-refractivity contribution in [3.05, 3.63) is 12.2 Å². The van der Waals surface area contributed by atoms with E-state index in [1.54, 1.807) is 0 Å². The molecule has 0 spiro atoms. The van der Waals surface area contributed by atoms with Crippen LogP contribution in [0.1, 0.15) is 73.1 Å². The summed E-state index contributed by atoms with van der Waals surface area (Å²) in [6.45, 7) is 10.9. The highest BCUT2D eigenvalue weighted by Gasteiger charge is 2.27. The smallest absolute Gasteiger partial charge is 0.224 e. The lowest BCUT2D eigenvalue weighted by Crippen LogP contribution is -2.36. The summed E-state index contributed by atoms with van der Waals surface area (Å²) in [5.74, 6) is -0.234. The van der Waals surface area contributed by atoms with E-state index >= 15 is 0 Å². The number of allylic oxidation sites excluding steroid dienone is 2. The van der Waals surface area contributed by atoms with Crippen LogP contribution in [0.5, 0.6) is 0 Å². The summed E-state index contributed by atoms with van der Waals surface area (Å²) >= 11 is 0. The van der Waals surface area contributed by atoms with Gasteiger partial charge in [0.25, 0.3) is 0 Å². The number of hydrogen-bond acceptors (Lipinski definition) is 3. The fourth-order valence-corrected chi connectivity index (χ4v) is 2.18. The van der Waals surface area contributed by atoms with Crippen molar-refractivity contribution in [1.82, 2.24) is 5.32 Å². The first-order chi connectivity index (χ1) is 11.3. The van der Waals surface area contributed by atoms with Gasteiger partial charge in [-0.25, -0.2) is 0 Å². The number of carbonyl (C=O) groups excluding carboxylic acids is 2. The minimum absolute atomic E-state index is 0.0444. The van der Waals surface area contributed by atoms with Crippen LogP contribution in [0.15, 0.2) is 12.2 Å². The number of nitrogens with one attached hydrogen (secondary N) is 1. The maximum Gasteiger partial charge on any atom is 0.224 e. The summed E-state index contributed by atoms with van der Waals surface area (Å²) in [4.78, 5) is 22.8. The Kier molecular flexibility index (Phi) is 26.9. The van der Waals surface area contributed by atoms with Crippen LogP contribution >= 0.6 is 0 Å².